The molecule has 0 saturated carbocycles. The molecule has 0 radical (unpaired) electrons. The number of nitrogens with zero attached hydrogens (tertiary/aromatic N) is 16. The zero-order chi connectivity index (χ0) is 48.9. The van der Waals surface area contributed by atoms with Crippen LogP contribution in [0.1, 0.15) is 33.8 Å². The molecule has 0 aliphatic carbocycles. The Morgan fingerprint density at radius 2 is 1.06 bits per heavy atom. The molecular formula is C52H56N16. The van der Waals surface area contributed by atoms with Crippen molar-refractivity contribution in [3.8, 4) is 35.9 Å². The van der Waals surface area contributed by atoms with Crippen molar-refractivity contribution in [1.82, 2.24) is 49.8 Å². The molecule has 68 heavy (non-hydrogen) atoms. The first kappa shape index (κ1) is 53.5. The van der Waals surface area contributed by atoms with E-state index in [2.05, 4.69) is 79.5 Å². The molecule has 0 unspecified atom stereocenters. The van der Waals surface area contributed by atoms with Gasteiger partial charge in [0.1, 0.15) is 5.69 Å². The van der Waals surface area contributed by atoms with Gasteiger partial charge in [-0.2, -0.15) is 0 Å². The molecule has 344 valence electrons. The summed E-state index contributed by atoms with van der Waals surface area (Å²) < 4.78 is 3.67. The van der Waals surface area contributed by atoms with Crippen LogP contribution >= 0.6 is 0 Å². The van der Waals surface area contributed by atoms with Crippen LogP contribution in [0.5, 0.6) is 0 Å². The van der Waals surface area contributed by atoms with Crippen molar-refractivity contribution in [3.05, 3.63) is 237 Å². The van der Waals surface area contributed by atoms with Crippen LogP contribution in [-0.4, -0.2) is 84.5 Å². The van der Waals surface area contributed by atoms with Crippen molar-refractivity contribution in [3.63, 3.8) is 0 Å². The number of terminal acetylenes is 2. The number of rotatable bonds is 12. The van der Waals surface area contributed by atoms with Crippen LogP contribution in [-0.2, 0) is 32.7 Å². The smallest absolute Gasteiger partial charge is 0.113 e. The number of hydrogen-bond acceptors (Lipinski definition) is 10. The van der Waals surface area contributed by atoms with Gasteiger partial charge in [0.05, 0.1) is 56.5 Å². The van der Waals surface area contributed by atoms with Crippen molar-refractivity contribution in [2.45, 2.75) is 32.7 Å². The molecule has 0 bridgehead atoms. The predicted molar refractivity (Wildman–Crippen MR) is 270 cm³/mol. The SMILES string of the molecule is C#CCN(C)C.C#Cc1ccccc1.CN(C)Cc1cn(Cc2ccccn2)nn1.[N-]=[N+]=NCc1ccccc1.[N-]=[N+]=NCc1ccccn1.c1ccc(Cn2cc(-c3ccccc3)nn2)cc1. The van der Waals surface area contributed by atoms with Crippen LogP contribution in [0.4, 0.5) is 0 Å². The number of aromatic nitrogens is 8. The Bertz CT molecular complexity index is 2650. The van der Waals surface area contributed by atoms with E-state index >= 15 is 0 Å². The summed E-state index contributed by atoms with van der Waals surface area (Å²) in [4.78, 5) is 17.5. The van der Waals surface area contributed by atoms with Crippen LogP contribution in [0.25, 0.3) is 32.1 Å². The molecule has 0 fully saturated rings. The average molecular weight is 905 g/mol. The van der Waals surface area contributed by atoms with Crippen molar-refractivity contribution in [2.75, 3.05) is 34.7 Å². The minimum absolute atomic E-state index is 0.331. The van der Waals surface area contributed by atoms with Gasteiger partial charge in [-0.3, -0.25) is 14.9 Å². The maximum Gasteiger partial charge on any atom is 0.113 e. The molecule has 0 amide bonds. The lowest BCUT2D eigenvalue weighted by Crippen LogP contribution is -2.10. The molecule has 0 saturated heterocycles. The third kappa shape index (κ3) is 24.3. The number of benzene rings is 4. The predicted octanol–water partition coefficient (Wildman–Crippen LogP) is 10.0. The summed E-state index contributed by atoms with van der Waals surface area (Å²) in [6.07, 6.45) is 17.4. The quantitative estimate of drug-likeness (QED) is 0.0500. The Labute approximate surface area is 399 Å². The van der Waals surface area contributed by atoms with E-state index < -0.39 is 0 Å². The van der Waals surface area contributed by atoms with Gasteiger partial charge in [-0.1, -0.05) is 154 Å². The zero-order valence-corrected chi connectivity index (χ0v) is 38.9. The Kier molecular flexibility index (Phi) is 26.4. The van der Waals surface area contributed by atoms with E-state index in [1.165, 1.54) is 5.56 Å². The highest BCUT2D eigenvalue weighted by molar-refractivity contribution is 5.57. The molecule has 8 rings (SSSR count). The van der Waals surface area contributed by atoms with Gasteiger partial charge in [0, 0.05) is 45.6 Å². The van der Waals surface area contributed by atoms with Crippen LogP contribution in [0.2, 0.25) is 0 Å². The minimum atomic E-state index is 0.331. The molecule has 4 aromatic carbocycles. The normalized spacial score (nSPS) is 9.47. The van der Waals surface area contributed by atoms with Crippen LogP contribution in [0.3, 0.4) is 0 Å². The molecule has 8 aromatic rings. The lowest BCUT2D eigenvalue weighted by atomic mass is 10.2. The van der Waals surface area contributed by atoms with Gasteiger partial charge in [0.2, 0.25) is 0 Å². The summed E-state index contributed by atoms with van der Waals surface area (Å²) in [5.74, 6) is 5.02. The maximum absolute atomic E-state index is 7.99. The van der Waals surface area contributed by atoms with Crippen molar-refractivity contribution in [2.24, 2.45) is 10.2 Å². The number of hydrogen-bond donors (Lipinski definition) is 0. The van der Waals surface area contributed by atoms with Crippen molar-refractivity contribution in [1.29, 1.82) is 0 Å². The molecular weight excluding hydrogens is 849 g/mol. The molecule has 0 spiro atoms. The highest BCUT2D eigenvalue weighted by Gasteiger charge is 2.04. The largest absolute Gasteiger partial charge is 0.303 e. The first-order valence-corrected chi connectivity index (χ1v) is 21.2. The summed E-state index contributed by atoms with van der Waals surface area (Å²) in [6, 6.07) is 50.9. The first-order chi connectivity index (χ1) is 33.2. The number of pyridine rings is 2. The van der Waals surface area contributed by atoms with Gasteiger partial charge in [0.25, 0.3) is 0 Å². The molecule has 0 aliphatic rings. The van der Waals surface area contributed by atoms with Gasteiger partial charge in [-0.25, -0.2) is 9.36 Å². The zero-order valence-electron chi connectivity index (χ0n) is 38.9. The standard InChI is InChI=1S/C15H13N3.C11H15N5.C8H6.C7H7N3.C6H6N4.C5H9N/c1-3-7-13(8-4-1)11-18-12-15(16-17-18)14-9-5-2-6-10-14;1-15(2)7-11-9-16(14-13-11)8-10-5-3-4-6-12-10;1-2-8-6-4-3-5-7-8;8-10-9-6-7-4-2-1-3-5-7;7-10-9-5-6-3-1-2-4-8-6;1-4-5-6(2)3/h1-10,12H,11H2;3-6,9H,7-8H2,1-2H3;1,3-7H;1-5H,6H2;1-4H,5H2;1H,5H2,2-3H3. The molecule has 16 nitrogen and oxygen atoms in total. The lowest BCUT2D eigenvalue weighted by Gasteiger charge is -2.04. The average Bonchev–Trinajstić information content (AvgIpc) is 4.04. The first-order valence-electron chi connectivity index (χ1n) is 21.2. The molecule has 4 heterocycles. The van der Waals surface area contributed by atoms with Crippen LogP contribution in [0, 0.1) is 24.7 Å². The molecule has 4 aromatic heterocycles. The second kappa shape index (κ2) is 33.6. The Morgan fingerprint density at radius 1 is 0.544 bits per heavy atom. The lowest BCUT2D eigenvalue weighted by molar-refractivity contribution is 0.396. The fourth-order valence-electron chi connectivity index (χ4n) is 5.37. The second-order valence-corrected chi connectivity index (χ2v) is 14.7. The fraction of sp³-hybridized carbons (Fsp3) is 0.192. The van der Waals surface area contributed by atoms with Crippen molar-refractivity contribution < 1.29 is 0 Å². The van der Waals surface area contributed by atoms with E-state index in [0.29, 0.717) is 19.6 Å². The molecule has 16 heteroatoms. The van der Waals surface area contributed by atoms with E-state index in [1.807, 2.05) is 196 Å². The van der Waals surface area contributed by atoms with Gasteiger partial charge in [0.15, 0.2) is 0 Å². The van der Waals surface area contributed by atoms with E-state index in [-0.39, 0.29) is 0 Å². The van der Waals surface area contributed by atoms with E-state index in [4.69, 9.17) is 23.9 Å². The summed E-state index contributed by atoms with van der Waals surface area (Å²) in [6.45, 7) is 3.73. The van der Waals surface area contributed by atoms with Gasteiger partial charge in [-0.05, 0) is 86.8 Å². The van der Waals surface area contributed by atoms with Gasteiger partial charge in [-0.15, -0.1) is 23.0 Å². The summed E-state index contributed by atoms with van der Waals surface area (Å²) in [5.41, 5.74) is 23.9. The highest BCUT2D eigenvalue weighted by Crippen LogP contribution is 2.15. The summed E-state index contributed by atoms with van der Waals surface area (Å²) in [7, 11) is 7.91. The maximum atomic E-state index is 7.99. The van der Waals surface area contributed by atoms with E-state index in [1.54, 1.807) is 17.1 Å². The summed E-state index contributed by atoms with van der Waals surface area (Å²) >= 11 is 0. The van der Waals surface area contributed by atoms with E-state index in [0.717, 1.165) is 59.1 Å². The van der Waals surface area contributed by atoms with Crippen molar-refractivity contribution >= 4 is 0 Å². The third-order valence-electron chi connectivity index (χ3n) is 8.44. The summed E-state index contributed by atoms with van der Waals surface area (Å²) in [5, 5.41) is 23.3. The number of azide groups is 2. The van der Waals surface area contributed by atoms with Crippen LogP contribution in [0.15, 0.2) is 193 Å². The van der Waals surface area contributed by atoms with Gasteiger partial charge >= 0.3 is 0 Å². The third-order valence-corrected chi connectivity index (χ3v) is 8.44. The fourth-order valence-corrected chi connectivity index (χ4v) is 5.37. The Balaban J connectivity index is 0.000000225. The van der Waals surface area contributed by atoms with E-state index in [9.17, 15) is 0 Å². The molecule has 0 N–H and O–H groups in total. The molecule has 0 atom stereocenters. The topological polar surface area (TPSA) is 191 Å². The minimum Gasteiger partial charge on any atom is -0.303 e. The second-order valence-electron chi connectivity index (χ2n) is 14.7. The van der Waals surface area contributed by atoms with Gasteiger partial charge < -0.3 is 4.90 Å². The molecule has 0 aliphatic heterocycles. The Morgan fingerprint density at radius 3 is 1.56 bits per heavy atom. The Hall–Kier alpha value is -8.88. The van der Waals surface area contributed by atoms with Crippen LogP contribution < -0.4 is 0 Å². The monoisotopic (exact) mass is 904 g/mol. The highest BCUT2D eigenvalue weighted by atomic mass is 15.4.